The zero-order chi connectivity index (χ0) is 13.8. The molecule has 1 aliphatic carbocycles. The second-order valence-electron chi connectivity index (χ2n) is 5.18. The van der Waals surface area contributed by atoms with Crippen LogP contribution in [0.2, 0.25) is 5.02 Å². The van der Waals surface area contributed by atoms with Gasteiger partial charge in [0, 0.05) is 23.2 Å². The van der Waals surface area contributed by atoms with E-state index in [0.717, 1.165) is 28.9 Å². The first kappa shape index (κ1) is 16.2. The third-order valence-electron chi connectivity index (χ3n) is 3.42. The molecular formula is C17H19Cl2NO. The van der Waals surface area contributed by atoms with Crippen molar-refractivity contribution in [3.05, 3.63) is 64.7 Å². The lowest BCUT2D eigenvalue weighted by Gasteiger charge is -2.09. The summed E-state index contributed by atoms with van der Waals surface area (Å²) in [4.78, 5) is 0. The summed E-state index contributed by atoms with van der Waals surface area (Å²) in [6.07, 6.45) is 2.62. The quantitative estimate of drug-likeness (QED) is 0.839. The van der Waals surface area contributed by atoms with Crippen LogP contribution in [0.5, 0.6) is 5.75 Å². The van der Waals surface area contributed by atoms with E-state index in [0.29, 0.717) is 6.61 Å². The molecule has 0 amide bonds. The molecule has 2 nitrogen and oxygen atoms in total. The molecule has 0 saturated heterocycles. The van der Waals surface area contributed by atoms with E-state index in [1.165, 1.54) is 18.4 Å². The molecule has 0 heterocycles. The standard InChI is InChI=1S/C17H18ClNO.ClH/c18-17-7-2-1-5-14(17)12-20-16-6-3-4-13(10-16)11-19-15-8-9-15;/h1-7,10,15,19H,8-9,11-12H2;1H. The molecule has 0 spiro atoms. The maximum absolute atomic E-state index is 6.12. The maximum atomic E-state index is 6.12. The van der Waals surface area contributed by atoms with Crippen LogP contribution in [0.3, 0.4) is 0 Å². The number of benzene rings is 2. The van der Waals surface area contributed by atoms with Gasteiger partial charge in [-0.25, -0.2) is 0 Å². The molecule has 0 bridgehead atoms. The van der Waals surface area contributed by atoms with Crippen LogP contribution in [0.25, 0.3) is 0 Å². The van der Waals surface area contributed by atoms with Crippen LogP contribution < -0.4 is 10.1 Å². The lowest BCUT2D eigenvalue weighted by atomic mass is 10.2. The van der Waals surface area contributed by atoms with Crippen LogP contribution >= 0.6 is 24.0 Å². The average molecular weight is 324 g/mol. The summed E-state index contributed by atoms with van der Waals surface area (Å²) in [7, 11) is 0. The van der Waals surface area contributed by atoms with Crippen molar-refractivity contribution in [1.29, 1.82) is 0 Å². The maximum Gasteiger partial charge on any atom is 0.120 e. The van der Waals surface area contributed by atoms with Crippen LogP contribution in [0, 0.1) is 0 Å². The topological polar surface area (TPSA) is 21.3 Å². The molecule has 2 aromatic carbocycles. The van der Waals surface area contributed by atoms with Crippen LogP contribution in [-0.4, -0.2) is 6.04 Å². The normalized spacial score (nSPS) is 13.6. The molecule has 1 aliphatic rings. The Morgan fingerprint density at radius 3 is 2.67 bits per heavy atom. The molecule has 112 valence electrons. The van der Waals surface area contributed by atoms with E-state index < -0.39 is 0 Å². The molecule has 0 atom stereocenters. The Balaban J connectivity index is 0.00000161. The summed E-state index contributed by atoms with van der Waals surface area (Å²) >= 11 is 6.12. The molecule has 1 N–H and O–H groups in total. The monoisotopic (exact) mass is 323 g/mol. The highest BCUT2D eigenvalue weighted by molar-refractivity contribution is 6.31. The summed E-state index contributed by atoms with van der Waals surface area (Å²) in [5.74, 6) is 0.889. The molecule has 1 fully saturated rings. The molecule has 0 aromatic heterocycles. The predicted molar refractivity (Wildman–Crippen MR) is 89.3 cm³/mol. The van der Waals surface area contributed by atoms with Crippen molar-refractivity contribution in [2.24, 2.45) is 0 Å². The lowest BCUT2D eigenvalue weighted by Crippen LogP contribution is -2.15. The van der Waals surface area contributed by atoms with Gasteiger partial charge in [-0.3, -0.25) is 0 Å². The van der Waals surface area contributed by atoms with Gasteiger partial charge in [0.05, 0.1) is 0 Å². The van der Waals surface area contributed by atoms with Gasteiger partial charge < -0.3 is 10.1 Å². The number of hydrogen-bond donors (Lipinski definition) is 1. The lowest BCUT2D eigenvalue weighted by molar-refractivity contribution is 0.306. The Labute approximate surface area is 136 Å². The van der Waals surface area contributed by atoms with Gasteiger partial charge in [0.15, 0.2) is 0 Å². The number of rotatable bonds is 6. The summed E-state index contributed by atoms with van der Waals surface area (Å²) in [5, 5.41) is 4.26. The van der Waals surface area contributed by atoms with E-state index in [4.69, 9.17) is 16.3 Å². The minimum Gasteiger partial charge on any atom is -0.489 e. The Morgan fingerprint density at radius 2 is 1.90 bits per heavy atom. The summed E-state index contributed by atoms with van der Waals surface area (Å²) in [6, 6.07) is 16.7. The van der Waals surface area contributed by atoms with E-state index >= 15 is 0 Å². The molecule has 0 aliphatic heterocycles. The highest BCUT2D eigenvalue weighted by atomic mass is 35.5. The first-order chi connectivity index (χ1) is 9.81. The zero-order valence-corrected chi connectivity index (χ0v) is 13.3. The minimum absolute atomic E-state index is 0. The Morgan fingerprint density at radius 1 is 1.10 bits per heavy atom. The number of nitrogens with one attached hydrogen (secondary N) is 1. The van der Waals surface area contributed by atoms with Gasteiger partial charge in [-0.05, 0) is 36.6 Å². The van der Waals surface area contributed by atoms with Crippen molar-refractivity contribution in [2.45, 2.75) is 32.0 Å². The highest BCUT2D eigenvalue weighted by Gasteiger charge is 2.19. The first-order valence-corrected chi connectivity index (χ1v) is 7.37. The van der Waals surface area contributed by atoms with Crippen molar-refractivity contribution in [1.82, 2.24) is 5.32 Å². The second-order valence-corrected chi connectivity index (χ2v) is 5.59. The fourth-order valence-electron chi connectivity index (χ4n) is 2.07. The zero-order valence-electron chi connectivity index (χ0n) is 11.7. The van der Waals surface area contributed by atoms with Gasteiger partial charge in [0.25, 0.3) is 0 Å². The van der Waals surface area contributed by atoms with Crippen LogP contribution in [0.15, 0.2) is 48.5 Å². The third kappa shape index (κ3) is 4.92. The summed E-state index contributed by atoms with van der Waals surface area (Å²) in [5.41, 5.74) is 2.27. The number of halogens is 2. The van der Waals surface area contributed by atoms with Gasteiger partial charge in [-0.2, -0.15) is 0 Å². The average Bonchev–Trinajstić information content (AvgIpc) is 3.29. The molecule has 0 unspecified atom stereocenters. The van der Waals surface area contributed by atoms with E-state index in [2.05, 4.69) is 17.4 Å². The third-order valence-corrected chi connectivity index (χ3v) is 3.79. The molecule has 21 heavy (non-hydrogen) atoms. The van der Waals surface area contributed by atoms with E-state index in [1.807, 2.05) is 36.4 Å². The van der Waals surface area contributed by atoms with E-state index in [-0.39, 0.29) is 12.4 Å². The summed E-state index contributed by atoms with van der Waals surface area (Å²) < 4.78 is 5.82. The largest absolute Gasteiger partial charge is 0.489 e. The Bertz CT molecular complexity index is 585. The molecule has 4 heteroatoms. The molecular weight excluding hydrogens is 305 g/mol. The second kappa shape index (κ2) is 7.69. The number of ether oxygens (including phenoxy) is 1. The van der Waals surface area contributed by atoms with Gasteiger partial charge >= 0.3 is 0 Å². The van der Waals surface area contributed by atoms with Crippen LogP contribution in [0.1, 0.15) is 24.0 Å². The first-order valence-electron chi connectivity index (χ1n) is 7.00. The van der Waals surface area contributed by atoms with Gasteiger partial charge in [0.2, 0.25) is 0 Å². The highest BCUT2D eigenvalue weighted by Crippen LogP contribution is 2.21. The number of hydrogen-bond acceptors (Lipinski definition) is 2. The van der Waals surface area contributed by atoms with Gasteiger partial charge in [0.1, 0.15) is 12.4 Å². The fourth-order valence-corrected chi connectivity index (χ4v) is 2.26. The van der Waals surface area contributed by atoms with Crippen molar-refractivity contribution in [3.63, 3.8) is 0 Å². The van der Waals surface area contributed by atoms with Gasteiger partial charge in [-0.15, -0.1) is 12.4 Å². The van der Waals surface area contributed by atoms with Crippen LogP contribution in [-0.2, 0) is 13.2 Å². The van der Waals surface area contributed by atoms with Crippen LogP contribution in [0.4, 0.5) is 0 Å². The van der Waals surface area contributed by atoms with Crippen molar-refractivity contribution in [3.8, 4) is 5.75 Å². The Kier molecular flexibility index (Phi) is 5.92. The van der Waals surface area contributed by atoms with Crippen molar-refractivity contribution >= 4 is 24.0 Å². The molecule has 0 radical (unpaired) electrons. The van der Waals surface area contributed by atoms with E-state index in [9.17, 15) is 0 Å². The fraction of sp³-hybridized carbons (Fsp3) is 0.294. The SMILES string of the molecule is Cl.Clc1ccccc1COc1cccc(CNC2CC2)c1. The molecule has 1 saturated carbocycles. The summed E-state index contributed by atoms with van der Waals surface area (Å²) in [6.45, 7) is 1.41. The molecule has 3 rings (SSSR count). The van der Waals surface area contributed by atoms with E-state index in [1.54, 1.807) is 0 Å². The smallest absolute Gasteiger partial charge is 0.120 e. The Hall–Kier alpha value is -1.22. The van der Waals surface area contributed by atoms with Crippen molar-refractivity contribution in [2.75, 3.05) is 0 Å². The minimum atomic E-state index is 0. The molecule has 2 aromatic rings. The predicted octanol–water partition coefficient (Wildman–Crippen LogP) is 4.59. The van der Waals surface area contributed by atoms with Gasteiger partial charge in [-0.1, -0.05) is 41.9 Å². The van der Waals surface area contributed by atoms with Crippen molar-refractivity contribution < 1.29 is 4.74 Å².